The van der Waals surface area contributed by atoms with Gasteiger partial charge in [0, 0.05) is 11.3 Å². The molecule has 0 saturated carbocycles. The monoisotopic (exact) mass is 351 g/mol. The van der Waals surface area contributed by atoms with Crippen molar-refractivity contribution in [2.24, 2.45) is 0 Å². The van der Waals surface area contributed by atoms with Gasteiger partial charge in [0.2, 0.25) is 10.0 Å². The van der Waals surface area contributed by atoms with Gasteiger partial charge in [-0.3, -0.25) is 9.52 Å². The van der Waals surface area contributed by atoms with Crippen molar-refractivity contribution in [2.45, 2.75) is 0 Å². The second kappa shape index (κ2) is 7.22. The Balaban J connectivity index is 2.01. The van der Waals surface area contributed by atoms with Gasteiger partial charge in [0.25, 0.3) is 0 Å². The van der Waals surface area contributed by atoms with E-state index in [1.54, 1.807) is 0 Å². The van der Waals surface area contributed by atoms with Crippen LogP contribution in [0.5, 0.6) is 0 Å². The second-order valence-corrected chi connectivity index (χ2v) is 6.71. The number of benzene rings is 2. The number of carbonyl (C=O) groups is 2. The largest absolute Gasteiger partial charge is 0.454 e. The summed E-state index contributed by atoms with van der Waals surface area (Å²) in [6, 6.07) is 10.5. The van der Waals surface area contributed by atoms with Gasteiger partial charge >= 0.3 is 5.97 Å². The lowest BCUT2D eigenvalue weighted by Gasteiger charge is -2.07. The lowest BCUT2D eigenvalue weighted by Crippen LogP contribution is -2.15. The van der Waals surface area contributed by atoms with Gasteiger partial charge in [-0.1, -0.05) is 6.07 Å². The van der Waals surface area contributed by atoms with Crippen LogP contribution >= 0.6 is 0 Å². The first-order valence-electron chi connectivity index (χ1n) is 6.78. The average Bonchev–Trinajstić information content (AvgIpc) is 2.51. The van der Waals surface area contributed by atoms with Crippen molar-refractivity contribution >= 4 is 27.5 Å². The SMILES string of the molecule is CS(=O)(=O)Nc1cccc(C(=O)OCC(=O)c2ccc(F)cc2)c1. The molecule has 0 heterocycles. The van der Waals surface area contributed by atoms with Gasteiger partial charge in [-0.05, 0) is 42.5 Å². The van der Waals surface area contributed by atoms with Crippen LogP contribution in [0.4, 0.5) is 10.1 Å². The standard InChI is InChI=1S/C16H14FNO5S/c1-24(21,22)18-14-4-2-3-12(9-14)16(20)23-10-15(19)11-5-7-13(17)8-6-11/h2-9,18H,10H2,1H3. The first-order chi connectivity index (χ1) is 11.2. The number of carbonyl (C=O) groups excluding carboxylic acids is 2. The van der Waals surface area contributed by atoms with E-state index in [1.807, 2.05) is 0 Å². The zero-order valence-corrected chi connectivity index (χ0v) is 13.5. The van der Waals surface area contributed by atoms with Gasteiger partial charge in [-0.2, -0.15) is 0 Å². The van der Waals surface area contributed by atoms with Crippen LogP contribution < -0.4 is 4.72 Å². The maximum absolute atomic E-state index is 12.8. The van der Waals surface area contributed by atoms with E-state index in [9.17, 15) is 22.4 Å². The molecule has 6 nitrogen and oxygen atoms in total. The Hall–Kier alpha value is -2.74. The predicted molar refractivity (Wildman–Crippen MR) is 85.9 cm³/mol. The molecule has 0 aliphatic heterocycles. The third kappa shape index (κ3) is 5.17. The first-order valence-corrected chi connectivity index (χ1v) is 8.67. The number of Topliss-reactive ketones (excluding diaryl/α,β-unsaturated/α-hetero) is 1. The number of ether oxygens (including phenoxy) is 1. The van der Waals surface area contributed by atoms with E-state index in [1.165, 1.54) is 36.4 Å². The highest BCUT2D eigenvalue weighted by Crippen LogP contribution is 2.13. The normalized spacial score (nSPS) is 10.9. The zero-order valence-electron chi connectivity index (χ0n) is 12.7. The average molecular weight is 351 g/mol. The number of nitrogens with one attached hydrogen (secondary N) is 1. The molecule has 0 radical (unpaired) electrons. The fourth-order valence-corrected chi connectivity index (χ4v) is 2.41. The molecule has 0 aromatic heterocycles. The summed E-state index contributed by atoms with van der Waals surface area (Å²) in [5.74, 6) is -1.73. The molecule has 2 rings (SSSR count). The summed E-state index contributed by atoms with van der Waals surface area (Å²) in [6.07, 6.45) is 0.985. The number of hydrogen-bond donors (Lipinski definition) is 1. The third-order valence-corrected chi connectivity index (χ3v) is 3.51. The summed E-state index contributed by atoms with van der Waals surface area (Å²) in [5.41, 5.74) is 0.518. The van der Waals surface area contributed by atoms with Gasteiger partial charge in [-0.25, -0.2) is 17.6 Å². The molecule has 0 atom stereocenters. The van der Waals surface area contributed by atoms with Crippen molar-refractivity contribution in [2.75, 3.05) is 17.6 Å². The van der Waals surface area contributed by atoms with Crippen molar-refractivity contribution in [1.29, 1.82) is 0 Å². The van der Waals surface area contributed by atoms with E-state index in [0.717, 1.165) is 18.4 Å². The lowest BCUT2D eigenvalue weighted by atomic mass is 10.1. The molecule has 0 saturated heterocycles. The number of esters is 1. The summed E-state index contributed by atoms with van der Waals surface area (Å²) in [7, 11) is -3.47. The smallest absolute Gasteiger partial charge is 0.338 e. The molecule has 0 amide bonds. The van der Waals surface area contributed by atoms with E-state index < -0.39 is 34.2 Å². The Morgan fingerprint density at radius 2 is 1.75 bits per heavy atom. The maximum Gasteiger partial charge on any atom is 0.338 e. The molecule has 126 valence electrons. The van der Waals surface area contributed by atoms with Crippen molar-refractivity contribution in [3.8, 4) is 0 Å². The summed E-state index contributed by atoms with van der Waals surface area (Å²) >= 11 is 0. The minimum atomic E-state index is -3.47. The highest BCUT2D eigenvalue weighted by atomic mass is 32.2. The van der Waals surface area contributed by atoms with Crippen LogP contribution in [-0.2, 0) is 14.8 Å². The minimum absolute atomic E-state index is 0.0931. The quantitative estimate of drug-likeness (QED) is 0.637. The number of halogens is 1. The Kier molecular flexibility index (Phi) is 5.30. The van der Waals surface area contributed by atoms with Crippen molar-refractivity contribution < 1.29 is 27.1 Å². The van der Waals surface area contributed by atoms with Gasteiger partial charge < -0.3 is 4.74 Å². The minimum Gasteiger partial charge on any atom is -0.454 e. The number of rotatable bonds is 6. The molecule has 24 heavy (non-hydrogen) atoms. The van der Waals surface area contributed by atoms with Gasteiger partial charge in [0.15, 0.2) is 12.4 Å². The number of hydrogen-bond acceptors (Lipinski definition) is 5. The molecule has 0 aliphatic rings. The Morgan fingerprint density at radius 1 is 1.08 bits per heavy atom. The van der Waals surface area contributed by atoms with Crippen LogP contribution in [-0.4, -0.2) is 33.0 Å². The molecule has 0 bridgehead atoms. The van der Waals surface area contributed by atoms with Crippen LogP contribution in [0, 0.1) is 5.82 Å². The fourth-order valence-electron chi connectivity index (χ4n) is 1.86. The van der Waals surface area contributed by atoms with Crippen LogP contribution in [0.25, 0.3) is 0 Å². The van der Waals surface area contributed by atoms with E-state index >= 15 is 0 Å². The molecule has 0 fully saturated rings. The summed E-state index contributed by atoms with van der Waals surface area (Å²) in [5, 5.41) is 0. The topological polar surface area (TPSA) is 89.5 Å². The highest BCUT2D eigenvalue weighted by Gasteiger charge is 2.13. The molecule has 0 aliphatic carbocycles. The molecule has 2 aromatic rings. The van der Waals surface area contributed by atoms with Crippen LogP contribution in [0.15, 0.2) is 48.5 Å². The molecular weight excluding hydrogens is 337 g/mol. The molecule has 0 unspecified atom stereocenters. The van der Waals surface area contributed by atoms with E-state index in [0.29, 0.717) is 0 Å². The predicted octanol–water partition coefficient (Wildman–Crippen LogP) is 2.24. The molecule has 8 heteroatoms. The molecule has 1 N–H and O–H groups in total. The van der Waals surface area contributed by atoms with E-state index in [4.69, 9.17) is 4.74 Å². The molecule has 2 aromatic carbocycles. The second-order valence-electron chi connectivity index (χ2n) is 4.96. The van der Waals surface area contributed by atoms with Gasteiger partial charge in [0.05, 0.1) is 11.8 Å². The maximum atomic E-state index is 12.8. The van der Waals surface area contributed by atoms with Crippen molar-refractivity contribution in [3.63, 3.8) is 0 Å². The fraction of sp³-hybridized carbons (Fsp3) is 0.125. The van der Waals surface area contributed by atoms with E-state index in [2.05, 4.69) is 4.72 Å². The van der Waals surface area contributed by atoms with Gasteiger partial charge in [-0.15, -0.1) is 0 Å². The molecule has 0 spiro atoms. The third-order valence-electron chi connectivity index (χ3n) is 2.90. The number of anilines is 1. The number of ketones is 1. The van der Waals surface area contributed by atoms with Crippen molar-refractivity contribution in [3.05, 3.63) is 65.5 Å². The first kappa shape index (κ1) is 17.6. The Labute approximate surface area is 138 Å². The van der Waals surface area contributed by atoms with Crippen molar-refractivity contribution in [1.82, 2.24) is 0 Å². The van der Waals surface area contributed by atoms with E-state index in [-0.39, 0.29) is 16.8 Å². The molecular formula is C16H14FNO5S. The summed E-state index contributed by atoms with van der Waals surface area (Å²) in [6.45, 7) is -0.506. The van der Waals surface area contributed by atoms with Crippen LogP contribution in [0.1, 0.15) is 20.7 Å². The van der Waals surface area contributed by atoms with Crippen LogP contribution in [0.3, 0.4) is 0 Å². The highest BCUT2D eigenvalue weighted by molar-refractivity contribution is 7.92. The van der Waals surface area contributed by atoms with Crippen LogP contribution in [0.2, 0.25) is 0 Å². The number of sulfonamides is 1. The zero-order chi connectivity index (χ0) is 17.7. The summed E-state index contributed by atoms with van der Waals surface area (Å²) in [4.78, 5) is 23.8. The van der Waals surface area contributed by atoms with Gasteiger partial charge in [0.1, 0.15) is 5.82 Å². The lowest BCUT2D eigenvalue weighted by molar-refractivity contribution is 0.0475. The Bertz CT molecular complexity index is 862. The Morgan fingerprint density at radius 3 is 2.38 bits per heavy atom. The summed E-state index contributed by atoms with van der Waals surface area (Å²) < 4.78 is 42.3.